The van der Waals surface area contributed by atoms with Crippen LogP contribution in [-0.2, 0) is 0 Å². The third-order valence-corrected chi connectivity index (χ3v) is 3.60. The Kier molecular flexibility index (Phi) is 4.92. The smallest absolute Gasteiger partial charge is 0.185 e. The average molecular weight is 369 g/mol. The summed E-state index contributed by atoms with van der Waals surface area (Å²) in [6.07, 6.45) is 2.71. The van der Waals surface area contributed by atoms with Crippen LogP contribution in [0.25, 0.3) is 6.08 Å². The Bertz CT molecular complexity index is 757. The quantitative estimate of drug-likeness (QED) is 0.644. The van der Waals surface area contributed by atoms with Crippen molar-refractivity contribution in [2.75, 3.05) is 7.11 Å². The monoisotopic (exact) mass is 368 g/mol. The van der Waals surface area contributed by atoms with Gasteiger partial charge < -0.3 is 9.84 Å². The summed E-state index contributed by atoms with van der Waals surface area (Å²) in [4.78, 5) is 11.9. The molecule has 22 heavy (non-hydrogen) atoms. The van der Waals surface area contributed by atoms with E-state index < -0.39 is 17.4 Å². The number of halogens is 3. The van der Waals surface area contributed by atoms with Crippen LogP contribution in [0.1, 0.15) is 15.9 Å². The number of benzene rings is 2. The highest BCUT2D eigenvalue weighted by atomic mass is 79.9. The number of aromatic hydroxyl groups is 1. The molecule has 0 aliphatic rings. The molecule has 6 heteroatoms. The van der Waals surface area contributed by atoms with E-state index in [1.807, 2.05) is 0 Å². The number of allylic oxidation sites excluding steroid dienone is 1. The summed E-state index contributed by atoms with van der Waals surface area (Å²) in [5, 5.41) is 9.60. The summed E-state index contributed by atoms with van der Waals surface area (Å²) in [6.45, 7) is 0. The van der Waals surface area contributed by atoms with Crippen LogP contribution in [-0.4, -0.2) is 18.0 Å². The van der Waals surface area contributed by atoms with Crippen molar-refractivity contribution in [1.29, 1.82) is 0 Å². The van der Waals surface area contributed by atoms with Crippen molar-refractivity contribution in [3.05, 3.63) is 63.6 Å². The zero-order chi connectivity index (χ0) is 16.3. The fourth-order valence-electron chi connectivity index (χ4n) is 1.76. The summed E-state index contributed by atoms with van der Waals surface area (Å²) < 4.78 is 31.5. The molecule has 2 aromatic carbocycles. The maximum atomic E-state index is 13.1. The van der Waals surface area contributed by atoms with Gasteiger partial charge in [0, 0.05) is 10.0 Å². The van der Waals surface area contributed by atoms with Crippen LogP contribution in [0.15, 0.2) is 40.9 Å². The number of carbonyl (C=O) groups is 1. The highest BCUT2D eigenvalue weighted by Crippen LogP contribution is 2.33. The third-order valence-electron chi connectivity index (χ3n) is 2.92. The third kappa shape index (κ3) is 3.51. The number of methoxy groups -OCH3 is 1. The van der Waals surface area contributed by atoms with Gasteiger partial charge in [0.15, 0.2) is 28.9 Å². The summed E-state index contributed by atoms with van der Waals surface area (Å²) >= 11 is 3.25. The first-order chi connectivity index (χ1) is 10.4. The van der Waals surface area contributed by atoms with Crippen molar-refractivity contribution < 1.29 is 23.4 Å². The first kappa shape index (κ1) is 16.2. The SMILES string of the molecule is COc1cc(/C=C/C(=O)c2ccc(F)c(F)c2)c(Br)cc1O. The normalized spacial score (nSPS) is 10.9. The summed E-state index contributed by atoms with van der Waals surface area (Å²) in [5.41, 5.74) is 0.627. The lowest BCUT2D eigenvalue weighted by Crippen LogP contribution is -1.96. The van der Waals surface area contributed by atoms with Crippen LogP contribution < -0.4 is 4.74 Å². The summed E-state index contributed by atoms with van der Waals surface area (Å²) in [5.74, 6) is -2.35. The molecule has 0 aliphatic carbocycles. The molecule has 0 radical (unpaired) electrons. The van der Waals surface area contributed by atoms with Gasteiger partial charge in [-0.15, -0.1) is 0 Å². The Labute approximate surface area is 134 Å². The van der Waals surface area contributed by atoms with E-state index in [0.29, 0.717) is 10.0 Å². The van der Waals surface area contributed by atoms with Gasteiger partial charge in [0.1, 0.15) is 0 Å². The van der Waals surface area contributed by atoms with Crippen molar-refractivity contribution in [1.82, 2.24) is 0 Å². The first-order valence-electron chi connectivity index (χ1n) is 6.16. The minimum Gasteiger partial charge on any atom is -0.504 e. The van der Waals surface area contributed by atoms with Gasteiger partial charge in [0.05, 0.1) is 7.11 Å². The van der Waals surface area contributed by atoms with Crippen molar-refractivity contribution in [3.8, 4) is 11.5 Å². The first-order valence-corrected chi connectivity index (χ1v) is 6.95. The lowest BCUT2D eigenvalue weighted by atomic mass is 10.1. The van der Waals surface area contributed by atoms with E-state index in [1.165, 1.54) is 37.5 Å². The zero-order valence-corrected chi connectivity index (χ0v) is 13.0. The second-order valence-electron chi connectivity index (χ2n) is 4.37. The fourth-order valence-corrected chi connectivity index (χ4v) is 2.22. The van der Waals surface area contributed by atoms with Gasteiger partial charge in [-0.25, -0.2) is 8.78 Å². The summed E-state index contributed by atoms with van der Waals surface area (Å²) in [6, 6.07) is 5.91. The number of phenolic OH excluding ortho intramolecular Hbond substituents is 1. The van der Waals surface area contributed by atoms with E-state index >= 15 is 0 Å². The molecule has 0 fully saturated rings. The Hall–Kier alpha value is -2.21. The molecule has 0 saturated heterocycles. The molecule has 0 atom stereocenters. The standard InChI is InChI=1S/C16H11BrF2O3/c1-22-16-7-9(11(17)8-15(16)21)3-5-14(20)10-2-4-12(18)13(19)6-10/h2-8,21H,1H3/b5-3+. The molecule has 0 heterocycles. The van der Waals surface area contributed by atoms with Crippen LogP contribution in [0, 0.1) is 11.6 Å². The van der Waals surface area contributed by atoms with E-state index in [4.69, 9.17) is 4.74 Å². The molecule has 0 amide bonds. The van der Waals surface area contributed by atoms with E-state index in [0.717, 1.165) is 12.1 Å². The molecule has 0 aromatic heterocycles. The summed E-state index contributed by atoms with van der Waals surface area (Å²) in [7, 11) is 1.41. The van der Waals surface area contributed by atoms with Crippen molar-refractivity contribution in [3.63, 3.8) is 0 Å². The largest absolute Gasteiger partial charge is 0.504 e. The van der Waals surface area contributed by atoms with E-state index in [2.05, 4.69) is 15.9 Å². The van der Waals surface area contributed by atoms with E-state index in [1.54, 1.807) is 0 Å². The number of phenols is 1. The van der Waals surface area contributed by atoms with Crippen LogP contribution in [0.5, 0.6) is 11.5 Å². The maximum absolute atomic E-state index is 13.1. The van der Waals surface area contributed by atoms with Crippen LogP contribution in [0.2, 0.25) is 0 Å². The number of rotatable bonds is 4. The second kappa shape index (κ2) is 6.70. The van der Waals surface area contributed by atoms with Gasteiger partial charge in [0.25, 0.3) is 0 Å². The van der Waals surface area contributed by atoms with Gasteiger partial charge in [0.2, 0.25) is 0 Å². The van der Waals surface area contributed by atoms with Crippen molar-refractivity contribution in [2.24, 2.45) is 0 Å². The van der Waals surface area contributed by atoms with Crippen molar-refractivity contribution >= 4 is 27.8 Å². The number of ketones is 1. The van der Waals surface area contributed by atoms with Crippen LogP contribution >= 0.6 is 15.9 Å². The molecule has 114 valence electrons. The topological polar surface area (TPSA) is 46.5 Å². The lowest BCUT2D eigenvalue weighted by molar-refractivity contribution is 0.104. The number of hydrogen-bond donors (Lipinski definition) is 1. The highest BCUT2D eigenvalue weighted by molar-refractivity contribution is 9.10. The van der Waals surface area contributed by atoms with Gasteiger partial charge in [-0.3, -0.25) is 4.79 Å². The molecule has 0 spiro atoms. The minimum atomic E-state index is -1.08. The molecule has 1 N–H and O–H groups in total. The predicted molar refractivity (Wildman–Crippen MR) is 82.1 cm³/mol. The maximum Gasteiger partial charge on any atom is 0.185 e. The Morgan fingerprint density at radius 2 is 1.95 bits per heavy atom. The minimum absolute atomic E-state index is 0.0389. The second-order valence-corrected chi connectivity index (χ2v) is 5.23. The Morgan fingerprint density at radius 1 is 1.23 bits per heavy atom. The molecule has 2 aromatic rings. The molecule has 3 nitrogen and oxygen atoms in total. The molecule has 0 aliphatic heterocycles. The van der Waals surface area contributed by atoms with Crippen LogP contribution in [0.3, 0.4) is 0 Å². The predicted octanol–water partition coefficient (Wildman–Crippen LogP) is 4.34. The number of carbonyl (C=O) groups excluding carboxylic acids is 1. The van der Waals surface area contributed by atoms with Gasteiger partial charge in [-0.2, -0.15) is 0 Å². The number of ether oxygens (including phenoxy) is 1. The molecular weight excluding hydrogens is 358 g/mol. The molecule has 2 rings (SSSR count). The van der Waals surface area contributed by atoms with E-state index in [9.17, 15) is 18.7 Å². The molecule has 0 saturated carbocycles. The Balaban J connectivity index is 2.28. The molecule has 0 bridgehead atoms. The van der Waals surface area contributed by atoms with Gasteiger partial charge in [-0.05, 0) is 48.0 Å². The Morgan fingerprint density at radius 3 is 2.59 bits per heavy atom. The van der Waals surface area contributed by atoms with Crippen molar-refractivity contribution in [2.45, 2.75) is 0 Å². The zero-order valence-electron chi connectivity index (χ0n) is 11.4. The number of hydrogen-bond acceptors (Lipinski definition) is 3. The fraction of sp³-hybridized carbons (Fsp3) is 0.0625. The average Bonchev–Trinajstić information content (AvgIpc) is 2.49. The van der Waals surface area contributed by atoms with E-state index in [-0.39, 0.29) is 17.1 Å². The molecular formula is C16H11BrF2O3. The van der Waals surface area contributed by atoms with Crippen LogP contribution in [0.4, 0.5) is 8.78 Å². The highest BCUT2D eigenvalue weighted by Gasteiger charge is 2.09. The van der Waals surface area contributed by atoms with Gasteiger partial charge in [-0.1, -0.05) is 15.9 Å². The van der Waals surface area contributed by atoms with Gasteiger partial charge >= 0.3 is 0 Å². The lowest BCUT2D eigenvalue weighted by Gasteiger charge is -2.06. The molecule has 0 unspecified atom stereocenters.